The van der Waals surface area contributed by atoms with Crippen molar-refractivity contribution in [3.8, 4) is 17.6 Å². The molecule has 0 aromatic heterocycles. The van der Waals surface area contributed by atoms with Gasteiger partial charge in [0.25, 0.3) is 0 Å². The van der Waals surface area contributed by atoms with Gasteiger partial charge in [0.2, 0.25) is 0 Å². The lowest BCUT2D eigenvalue weighted by Gasteiger charge is -2.09. The van der Waals surface area contributed by atoms with Gasteiger partial charge in [-0.25, -0.2) is 4.79 Å². The van der Waals surface area contributed by atoms with E-state index in [0.717, 1.165) is 12.1 Å². The fourth-order valence-electron chi connectivity index (χ4n) is 2.40. The van der Waals surface area contributed by atoms with Crippen LogP contribution < -0.4 is 0 Å². The molecular weight excluding hydrogens is 363 g/mol. The van der Waals surface area contributed by atoms with Crippen molar-refractivity contribution in [3.63, 3.8) is 0 Å². The molecule has 2 aromatic carbocycles. The van der Waals surface area contributed by atoms with E-state index >= 15 is 0 Å². The van der Waals surface area contributed by atoms with Gasteiger partial charge in [0.15, 0.2) is 0 Å². The summed E-state index contributed by atoms with van der Waals surface area (Å²) in [6.45, 7) is 0.0281. The van der Waals surface area contributed by atoms with Crippen LogP contribution in [0.25, 0.3) is 0 Å². The van der Waals surface area contributed by atoms with E-state index in [0.29, 0.717) is 30.0 Å². The van der Waals surface area contributed by atoms with Crippen LogP contribution in [-0.2, 0) is 12.6 Å². The van der Waals surface area contributed by atoms with Gasteiger partial charge in [0, 0.05) is 11.1 Å². The van der Waals surface area contributed by atoms with E-state index in [4.69, 9.17) is 5.11 Å². The Morgan fingerprint density at radius 3 is 2.37 bits per heavy atom. The zero-order valence-electron chi connectivity index (χ0n) is 13.9. The number of halogens is 3. The molecule has 0 aliphatic carbocycles. The van der Waals surface area contributed by atoms with Crippen LogP contribution in [-0.4, -0.2) is 22.7 Å². The summed E-state index contributed by atoms with van der Waals surface area (Å²) >= 11 is 0. The number of carbonyl (C=O) groups is 1. The molecular formula is C19H14F3NO4. The average molecular weight is 377 g/mol. The van der Waals surface area contributed by atoms with Crippen LogP contribution in [0.3, 0.4) is 0 Å². The van der Waals surface area contributed by atoms with Crippen molar-refractivity contribution >= 4 is 5.97 Å². The molecule has 0 saturated carbocycles. The summed E-state index contributed by atoms with van der Waals surface area (Å²) in [6.07, 6.45) is -4.03. The molecule has 0 bridgehead atoms. The van der Waals surface area contributed by atoms with Gasteiger partial charge < -0.3 is 10.2 Å². The molecule has 0 amide bonds. The van der Waals surface area contributed by atoms with Crippen LogP contribution in [0, 0.1) is 16.7 Å². The lowest BCUT2D eigenvalue weighted by atomic mass is 9.99. The number of aryl methyl sites for hydroxylation is 1. The molecule has 0 atom stereocenters. The van der Waals surface area contributed by atoms with Crippen LogP contribution >= 0.6 is 0 Å². The first-order chi connectivity index (χ1) is 12.7. The van der Waals surface area contributed by atoms with Crippen LogP contribution in [0.15, 0.2) is 41.6 Å². The zero-order chi connectivity index (χ0) is 20.0. The highest BCUT2D eigenvalue weighted by atomic mass is 19.4. The Balaban J connectivity index is 2.46. The molecule has 27 heavy (non-hydrogen) atoms. The number of carboxylic acids is 1. The first-order valence-corrected chi connectivity index (χ1v) is 7.80. The van der Waals surface area contributed by atoms with Gasteiger partial charge >= 0.3 is 12.1 Å². The molecule has 2 rings (SSSR count). The normalized spacial score (nSPS) is 10.8. The average Bonchev–Trinajstić information content (AvgIpc) is 2.60. The third kappa shape index (κ3) is 5.31. The van der Waals surface area contributed by atoms with Gasteiger partial charge in [-0.3, -0.25) is 0 Å². The second kappa shape index (κ2) is 8.36. The SMILES string of the molecule is O=NCCCc1cc(C(=O)O)ccc1C#Cc1ccc(O)cc1C(F)(F)F. The number of phenols is 1. The van der Waals surface area contributed by atoms with Gasteiger partial charge in [-0.2, -0.15) is 18.1 Å². The topological polar surface area (TPSA) is 87.0 Å². The summed E-state index contributed by atoms with van der Waals surface area (Å²) in [5.74, 6) is 3.37. The van der Waals surface area contributed by atoms with Crippen LogP contribution in [0.2, 0.25) is 0 Å². The van der Waals surface area contributed by atoms with E-state index in [2.05, 4.69) is 17.0 Å². The van der Waals surface area contributed by atoms with Crippen molar-refractivity contribution in [2.24, 2.45) is 5.18 Å². The summed E-state index contributed by atoms with van der Waals surface area (Å²) in [6, 6.07) is 6.84. The Morgan fingerprint density at radius 2 is 1.74 bits per heavy atom. The molecule has 0 radical (unpaired) electrons. The number of alkyl halides is 3. The van der Waals surface area contributed by atoms with Gasteiger partial charge in [0.1, 0.15) is 5.75 Å². The van der Waals surface area contributed by atoms with E-state index in [1.54, 1.807) is 0 Å². The molecule has 2 N–H and O–H groups in total. The lowest BCUT2D eigenvalue weighted by molar-refractivity contribution is -0.137. The highest BCUT2D eigenvalue weighted by Gasteiger charge is 2.33. The largest absolute Gasteiger partial charge is 0.508 e. The number of aromatic carboxylic acids is 1. The fraction of sp³-hybridized carbons (Fsp3) is 0.211. The first kappa shape index (κ1) is 20.0. The molecule has 0 saturated heterocycles. The van der Waals surface area contributed by atoms with Crippen molar-refractivity contribution in [1.29, 1.82) is 0 Å². The Hall–Kier alpha value is -3.34. The number of benzene rings is 2. The Labute approximate surface area is 152 Å². The van der Waals surface area contributed by atoms with E-state index in [9.17, 15) is 28.0 Å². The van der Waals surface area contributed by atoms with Crippen molar-refractivity contribution in [1.82, 2.24) is 0 Å². The highest BCUT2D eigenvalue weighted by Crippen LogP contribution is 2.33. The summed E-state index contributed by atoms with van der Waals surface area (Å²) in [5, 5.41) is 21.1. The van der Waals surface area contributed by atoms with Crippen LogP contribution in [0.5, 0.6) is 5.75 Å². The molecule has 0 spiro atoms. The zero-order valence-corrected chi connectivity index (χ0v) is 13.9. The Bertz CT molecular complexity index is 927. The predicted octanol–water partition coefficient (Wildman–Crippen LogP) is 4.21. The minimum Gasteiger partial charge on any atom is -0.508 e. The highest BCUT2D eigenvalue weighted by molar-refractivity contribution is 5.88. The lowest BCUT2D eigenvalue weighted by Crippen LogP contribution is -2.07. The first-order valence-electron chi connectivity index (χ1n) is 7.80. The van der Waals surface area contributed by atoms with E-state index < -0.39 is 23.5 Å². The third-order valence-electron chi connectivity index (χ3n) is 3.69. The van der Waals surface area contributed by atoms with Crippen molar-refractivity contribution in [2.75, 3.05) is 6.54 Å². The smallest absolute Gasteiger partial charge is 0.417 e. The third-order valence-corrected chi connectivity index (χ3v) is 3.69. The number of nitrogens with zero attached hydrogens (tertiary/aromatic N) is 1. The monoisotopic (exact) mass is 377 g/mol. The minimum absolute atomic E-state index is 0.00947. The van der Waals surface area contributed by atoms with Gasteiger partial charge in [-0.05, 0) is 54.8 Å². The Kier molecular flexibility index (Phi) is 6.19. The number of nitroso groups, excluding NO2 is 1. The molecule has 0 fully saturated rings. The fourth-order valence-corrected chi connectivity index (χ4v) is 2.40. The molecule has 0 unspecified atom stereocenters. The molecule has 2 aromatic rings. The summed E-state index contributed by atoms with van der Waals surface area (Å²) in [7, 11) is 0. The standard InChI is InChI=1S/C19H14F3NO4/c20-19(21,22)17-11-16(24)8-7-13(17)5-3-12-4-6-15(18(25)26)10-14(12)2-1-9-23-27/h4,6-8,10-11,24H,1-2,9H2,(H,25,26). The van der Waals surface area contributed by atoms with Crippen molar-refractivity contribution in [2.45, 2.75) is 19.0 Å². The maximum Gasteiger partial charge on any atom is 0.417 e. The Morgan fingerprint density at radius 1 is 1.07 bits per heavy atom. The maximum absolute atomic E-state index is 13.1. The van der Waals surface area contributed by atoms with Gasteiger partial charge in [-0.1, -0.05) is 17.0 Å². The predicted molar refractivity (Wildman–Crippen MR) is 91.5 cm³/mol. The van der Waals surface area contributed by atoms with E-state index in [1.807, 2.05) is 0 Å². The van der Waals surface area contributed by atoms with Crippen LogP contribution in [0.1, 0.15) is 39.0 Å². The van der Waals surface area contributed by atoms with Crippen molar-refractivity contribution in [3.05, 3.63) is 69.1 Å². The van der Waals surface area contributed by atoms with E-state index in [-0.39, 0.29) is 17.7 Å². The number of hydrogen-bond acceptors (Lipinski definition) is 4. The summed E-state index contributed by atoms with van der Waals surface area (Å²) < 4.78 is 39.3. The molecule has 140 valence electrons. The molecule has 0 heterocycles. The summed E-state index contributed by atoms with van der Waals surface area (Å²) in [4.78, 5) is 21.3. The second-order valence-corrected chi connectivity index (χ2v) is 5.61. The van der Waals surface area contributed by atoms with Gasteiger partial charge in [0.05, 0.1) is 17.7 Å². The molecule has 0 aliphatic heterocycles. The number of hydrogen-bond donors (Lipinski definition) is 2. The van der Waals surface area contributed by atoms with Crippen molar-refractivity contribution < 1.29 is 28.2 Å². The second-order valence-electron chi connectivity index (χ2n) is 5.61. The minimum atomic E-state index is -4.69. The molecule has 5 nitrogen and oxygen atoms in total. The van der Waals surface area contributed by atoms with E-state index in [1.165, 1.54) is 18.2 Å². The van der Waals surface area contributed by atoms with Crippen LogP contribution in [0.4, 0.5) is 13.2 Å². The molecule has 0 aliphatic rings. The molecule has 8 heteroatoms. The maximum atomic E-state index is 13.1. The summed E-state index contributed by atoms with van der Waals surface area (Å²) in [5.41, 5.74) is -0.521. The van der Waals surface area contributed by atoms with Gasteiger partial charge in [-0.15, -0.1) is 0 Å². The number of carboxylic acid groups (broad SMARTS) is 1. The number of aromatic hydroxyl groups is 1. The number of rotatable bonds is 5. The quantitative estimate of drug-likeness (QED) is 0.464. The number of phenolic OH excluding ortho intramolecular Hbond substituents is 1.